The number of carbonyl (C=O) groups excluding carboxylic acids is 11. The van der Waals surface area contributed by atoms with Crippen molar-refractivity contribution in [1.29, 1.82) is 0 Å². The predicted octanol–water partition coefficient (Wildman–Crippen LogP) is -7.76. The first-order valence-corrected chi connectivity index (χ1v) is 36.6. The van der Waals surface area contributed by atoms with Crippen LogP contribution in [0.4, 0.5) is 0 Å². The molecule has 0 radical (unpaired) electrons. The second-order valence-electron chi connectivity index (χ2n) is 26.2. The fraction of sp³-hybridized carbons (Fsp3) is 0.836. The molecule has 0 spiro atoms. The molecule has 40 heteroatoms. The van der Waals surface area contributed by atoms with Crippen LogP contribution in [-0.2, 0) is 95.4 Å². The van der Waals surface area contributed by atoms with E-state index >= 15 is 0 Å². The zero-order chi connectivity index (χ0) is 79.1. The summed E-state index contributed by atoms with van der Waals surface area (Å²) in [5.74, 6) is -4.27. The lowest BCUT2D eigenvalue weighted by molar-refractivity contribution is -0.270. The Hall–Kier alpha value is -6.55. The standard InChI is InChI=1S/C67H119N11O29/c1-41(82)75-55-61(96)58(93)44(35-79)105-64(55)102-29-8-5-15-48(86)69-23-12-26-72-51(89)20-32-99-38-67(78-54(92)19-11-18-47(85)68-4,39-100-33-21-52(90)73-27-13-24-70-49(87)16-6-9-30-103-65-56(76-42(2)83)62(97)59(94)45(36-80)106-65)40-101-34-22-53(91)74-28-14-25-71-50(88)17-7-10-31-104-66-57(77-43(3)84)63(98)60(95)46(37-81)107-66/h44-46,55-66,79-81,93-98H,5-40H2,1-4H3,(H,68,85)(H,69,86)(H,70,87)(H,71,88)(H,72,89)(H,73,90)(H,74,91)(H,75,82)(H,76,83)(H,77,84)(H,78,92)/t44?,45?,46?,55-,56-,57?,58-,59-,60-,61?,62?,63?,64+,65+,66+,67?/m0/s1. The molecule has 0 bridgehead atoms. The van der Waals surface area contributed by atoms with Crippen LogP contribution in [0.5, 0.6) is 0 Å². The van der Waals surface area contributed by atoms with E-state index in [-0.39, 0.29) is 180 Å². The number of aliphatic hydroxyl groups excluding tert-OH is 9. The summed E-state index contributed by atoms with van der Waals surface area (Å²) in [6.45, 7) is 2.04. The van der Waals surface area contributed by atoms with Gasteiger partial charge in [0.1, 0.15) is 78.6 Å². The largest absolute Gasteiger partial charge is 0.394 e. The molecule has 0 aromatic rings. The number of nitrogens with one attached hydrogen (secondary N) is 11. The van der Waals surface area contributed by atoms with Crippen LogP contribution in [-0.4, -0.2) is 334 Å². The van der Waals surface area contributed by atoms with Crippen molar-refractivity contribution < 1.29 is 141 Å². The number of carbonyl (C=O) groups is 11. The number of aliphatic hydroxyl groups is 9. The molecule has 3 saturated heterocycles. The monoisotopic (exact) mass is 1540 g/mol. The Morgan fingerprint density at radius 2 is 0.589 bits per heavy atom. The van der Waals surface area contributed by atoms with E-state index in [4.69, 9.17) is 42.6 Å². The van der Waals surface area contributed by atoms with Crippen molar-refractivity contribution in [3.05, 3.63) is 0 Å². The number of ether oxygens (including phenoxy) is 9. The zero-order valence-electron chi connectivity index (χ0n) is 61.8. The maximum atomic E-state index is 13.6. The van der Waals surface area contributed by atoms with Crippen molar-refractivity contribution in [2.24, 2.45) is 0 Å². The van der Waals surface area contributed by atoms with E-state index in [0.717, 1.165) is 0 Å². The normalized spacial score (nSPS) is 24.7. The van der Waals surface area contributed by atoms with Crippen LogP contribution < -0.4 is 58.5 Å². The Balaban J connectivity index is 1.50. The fourth-order valence-electron chi connectivity index (χ4n) is 11.2. The first kappa shape index (κ1) is 94.7. The van der Waals surface area contributed by atoms with Crippen molar-refractivity contribution in [1.82, 2.24) is 58.5 Å². The molecule has 3 rings (SSSR count). The molecular weight excluding hydrogens is 1420 g/mol. The second kappa shape index (κ2) is 54.1. The predicted molar refractivity (Wildman–Crippen MR) is 373 cm³/mol. The molecule has 3 heterocycles. The Morgan fingerprint density at radius 1 is 0.327 bits per heavy atom. The van der Waals surface area contributed by atoms with E-state index in [0.29, 0.717) is 57.8 Å². The molecule has 0 aromatic heterocycles. The number of rotatable bonds is 56. The van der Waals surface area contributed by atoms with Gasteiger partial charge in [-0.1, -0.05) is 0 Å². The van der Waals surface area contributed by atoms with Gasteiger partial charge in [0.15, 0.2) is 18.9 Å². The lowest BCUT2D eigenvalue weighted by atomic mass is 9.97. The van der Waals surface area contributed by atoms with Gasteiger partial charge in [0, 0.05) is 138 Å². The van der Waals surface area contributed by atoms with Gasteiger partial charge in [-0.25, -0.2) is 0 Å². The summed E-state index contributed by atoms with van der Waals surface area (Å²) in [6, 6.07) is -3.29. The molecule has 0 aromatic carbocycles. The molecule has 616 valence electrons. The second-order valence-corrected chi connectivity index (χ2v) is 26.2. The third-order valence-electron chi connectivity index (χ3n) is 17.0. The number of amides is 11. The zero-order valence-corrected chi connectivity index (χ0v) is 61.8. The van der Waals surface area contributed by atoms with Crippen LogP contribution in [0.3, 0.4) is 0 Å². The van der Waals surface area contributed by atoms with Crippen LogP contribution in [0.25, 0.3) is 0 Å². The van der Waals surface area contributed by atoms with Gasteiger partial charge < -0.3 is 147 Å². The lowest BCUT2D eigenvalue weighted by Crippen LogP contribution is -2.64. The molecule has 15 atom stereocenters. The third-order valence-corrected chi connectivity index (χ3v) is 17.0. The van der Waals surface area contributed by atoms with E-state index in [1.165, 1.54) is 27.8 Å². The Kier molecular flexibility index (Phi) is 47.9. The molecule has 3 fully saturated rings. The Labute approximate surface area is 622 Å². The minimum atomic E-state index is -1.48. The van der Waals surface area contributed by atoms with Gasteiger partial charge in [0.05, 0.1) is 59.5 Å². The van der Waals surface area contributed by atoms with Crippen LogP contribution >= 0.6 is 0 Å². The molecule has 107 heavy (non-hydrogen) atoms. The summed E-state index contributed by atoms with van der Waals surface area (Å²) in [4.78, 5) is 137. The van der Waals surface area contributed by atoms with Gasteiger partial charge in [-0.15, -0.1) is 0 Å². The van der Waals surface area contributed by atoms with Crippen molar-refractivity contribution in [3.63, 3.8) is 0 Å². The van der Waals surface area contributed by atoms with Crippen LogP contribution in [0.15, 0.2) is 0 Å². The molecule has 40 nitrogen and oxygen atoms in total. The smallest absolute Gasteiger partial charge is 0.222 e. The highest BCUT2D eigenvalue weighted by atomic mass is 16.7. The number of hydrogen-bond donors (Lipinski definition) is 20. The first-order chi connectivity index (χ1) is 51.2. The lowest BCUT2D eigenvalue weighted by Gasteiger charge is -2.42. The maximum absolute atomic E-state index is 13.6. The van der Waals surface area contributed by atoms with Crippen molar-refractivity contribution in [2.75, 3.05) is 126 Å². The minimum Gasteiger partial charge on any atom is -0.394 e. The fourth-order valence-corrected chi connectivity index (χ4v) is 11.2. The summed E-state index contributed by atoms with van der Waals surface area (Å²) >= 11 is 0. The maximum Gasteiger partial charge on any atom is 0.222 e. The van der Waals surface area contributed by atoms with Crippen molar-refractivity contribution >= 4 is 65.0 Å². The summed E-state index contributed by atoms with van der Waals surface area (Å²) in [6.07, 6.45) is -12.1. The molecule has 7 unspecified atom stereocenters. The third kappa shape index (κ3) is 38.6. The highest BCUT2D eigenvalue weighted by Crippen LogP contribution is 2.26. The number of unbranched alkanes of at least 4 members (excludes halogenated alkanes) is 3. The topological polar surface area (TPSA) is 585 Å². The van der Waals surface area contributed by atoms with Crippen molar-refractivity contribution in [3.8, 4) is 0 Å². The first-order valence-electron chi connectivity index (χ1n) is 36.6. The highest BCUT2D eigenvalue weighted by Gasteiger charge is 2.48. The molecule has 20 N–H and O–H groups in total. The Bertz CT molecular complexity index is 2420. The van der Waals surface area contributed by atoms with E-state index in [1.807, 2.05) is 0 Å². The number of hydrogen-bond acceptors (Lipinski definition) is 29. The minimum absolute atomic E-state index is 0.0378. The summed E-state index contributed by atoms with van der Waals surface area (Å²) in [5.41, 5.74) is -1.48. The van der Waals surface area contributed by atoms with E-state index in [2.05, 4.69) is 58.5 Å². The van der Waals surface area contributed by atoms with Gasteiger partial charge in [0.2, 0.25) is 65.0 Å². The molecule has 0 aliphatic carbocycles. The quantitative estimate of drug-likeness (QED) is 0.0252. The van der Waals surface area contributed by atoms with Crippen LogP contribution in [0.2, 0.25) is 0 Å². The van der Waals surface area contributed by atoms with Gasteiger partial charge in [-0.2, -0.15) is 0 Å². The van der Waals surface area contributed by atoms with E-state index in [9.17, 15) is 98.7 Å². The van der Waals surface area contributed by atoms with Gasteiger partial charge in [-0.3, -0.25) is 52.7 Å². The summed E-state index contributed by atoms with van der Waals surface area (Å²) < 4.78 is 51.7. The van der Waals surface area contributed by atoms with E-state index in [1.54, 1.807) is 0 Å². The van der Waals surface area contributed by atoms with Crippen LogP contribution in [0.1, 0.15) is 136 Å². The molecule has 3 aliphatic heterocycles. The SMILES string of the molecule is CNC(=O)CCCC(=O)NC(COCCC(=O)NCCCNC(=O)CCCCO[C@@H]1OC(CO)[C@H](O)C(O)C1NC(C)=O)(COCCC(=O)NCCCNC(=O)CCCCO[C@@H]1OC(CO)[C@H](O)C(O)[C@@H]1NC(C)=O)COCCC(=O)NCCCNC(=O)CCCCO[C@@H]1OC(CO)[C@H](O)C(O)[C@@H]1NC(C)=O. The van der Waals surface area contributed by atoms with Gasteiger partial charge >= 0.3 is 0 Å². The van der Waals surface area contributed by atoms with Gasteiger partial charge in [-0.05, 0) is 64.2 Å². The Morgan fingerprint density at radius 3 is 0.850 bits per heavy atom. The highest BCUT2D eigenvalue weighted by molar-refractivity contribution is 5.80. The van der Waals surface area contributed by atoms with Crippen molar-refractivity contribution in [2.45, 2.75) is 234 Å². The molecule has 3 aliphatic rings. The molecule has 11 amide bonds. The summed E-state index contributed by atoms with van der Waals surface area (Å²) in [7, 11) is 1.46. The average Bonchev–Trinajstić information content (AvgIpc) is 0.822. The molecule has 0 saturated carbocycles. The van der Waals surface area contributed by atoms with Crippen LogP contribution in [0, 0.1) is 0 Å². The summed E-state index contributed by atoms with van der Waals surface area (Å²) in [5, 5.41) is 120. The van der Waals surface area contributed by atoms with Gasteiger partial charge in [0.25, 0.3) is 0 Å². The van der Waals surface area contributed by atoms with E-state index < -0.39 is 159 Å². The average molecular weight is 1540 g/mol. The molecular formula is C67H119N11O29.